The van der Waals surface area contributed by atoms with Gasteiger partial charge >= 0.3 is 0 Å². The summed E-state index contributed by atoms with van der Waals surface area (Å²) in [6.07, 6.45) is 19.2. The molecule has 0 aromatic heterocycles. The van der Waals surface area contributed by atoms with Gasteiger partial charge in [0, 0.05) is 0 Å². The van der Waals surface area contributed by atoms with E-state index in [-0.39, 0.29) is 22.9 Å². The molecule has 0 unspecified atom stereocenters. The van der Waals surface area contributed by atoms with Gasteiger partial charge in [-0.3, -0.25) is 4.79 Å². The number of amides is 1. The zero-order chi connectivity index (χ0) is 17.4. The molecular weight excluding hydrogens is 364 g/mol. The Balaban J connectivity index is 0. The van der Waals surface area contributed by atoms with Crippen LogP contribution < -0.4 is 11.1 Å². The third kappa shape index (κ3) is 16.8. The number of carbonyl (C=O) groups excluding carboxylic acids is 1. The predicted octanol–water partition coefficient (Wildman–Crippen LogP) is 5.90. The van der Waals surface area contributed by atoms with Gasteiger partial charge in [0.15, 0.2) is 0 Å². The van der Waals surface area contributed by atoms with Crippen molar-refractivity contribution in [2.75, 3.05) is 6.54 Å². The highest BCUT2D eigenvalue weighted by molar-refractivity contribution is 8.93. The number of unbranched alkanes of at least 4 members (excludes halogenated alkanes) is 13. The van der Waals surface area contributed by atoms with E-state index in [0.717, 1.165) is 13.0 Å². The van der Waals surface area contributed by atoms with Gasteiger partial charge in [-0.15, -0.1) is 17.0 Å². The van der Waals surface area contributed by atoms with Gasteiger partial charge in [0.25, 0.3) is 0 Å². The number of nitrogens with two attached hydrogens (primary N) is 1. The first-order chi connectivity index (χ1) is 11.0. The lowest BCUT2D eigenvalue weighted by Gasteiger charge is -2.22. The quantitative estimate of drug-likeness (QED) is 0.295. The lowest BCUT2D eigenvalue weighted by molar-refractivity contribution is -0.123. The topological polar surface area (TPSA) is 55.1 Å². The number of primary amides is 1. The molecule has 0 fully saturated rings. The molecule has 0 bridgehead atoms. The smallest absolute Gasteiger partial charge is 0.237 e. The number of rotatable bonds is 17. The maximum Gasteiger partial charge on any atom is 0.237 e. The first kappa shape index (κ1) is 26.1. The van der Waals surface area contributed by atoms with E-state index >= 15 is 0 Å². The van der Waals surface area contributed by atoms with Gasteiger partial charge in [-0.1, -0.05) is 90.4 Å². The molecule has 0 atom stereocenters. The monoisotopic (exact) mass is 406 g/mol. The summed E-state index contributed by atoms with van der Waals surface area (Å²) in [4.78, 5) is 11.2. The fourth-order valence-corrected chi connectivity index (χ4v) is 2.81. The van der Waals surface area contributed by atoms with Crippen molar-refractivity contribution < 1.29 is 4.79 Å². The third-order valence-electron chi connectivity index (χ3n) is 4.71. The Bertz CT molecular complexity index is 283. The number of halogens is 1. The Morgan fingerprint density at radius 1 is 0.750 bits per heavy atom. The highest BCUT2D eigenvalue weighted by Crippen LogP contribution is 2.13. The second-order valence-corrected chi connectivity index (χ2v) is 7.51. The van der Waals surface area contributed by atoms with Gasteiger partial charge in [0.1, 0.15) is 0 Å². The standard InChI is InChI=1S/C20H42N2O.BrH/c1-4-5-6-7-8-9-10-11-12-13-14-15-16-17-18-22-20(2,3)19(21)23;/h22H,4-18H2,1-3H3,(H2,21,23);1H. The van der Waals surface area contributed by atoms with Crippen molar-refractivity contribution >= 4 is 22.9 Å². The van der Waals surface area contributed by atoms with Gasteiger partial charge < -0.3 is 11.1 Å². The SMILES string of the molecule is Br.CCCCCCCCCCCCCCCCNC(C)(C)C(N)=O. The summed E-state index contributed by atoms with van der Waals surface area (Å²) in [5.74, 6) is -0.275. The van der Waals surface area contributed by atoms with Crippen molar-refractivity contribution in [1.29, 1.82) is 0 Å². The zero-order valence-electron chi connectivity index (χ0n) is 16.5. The molecule has 3 nitrogen and oxygen atoms in total. The number of hydrogen-bond acceptors (Lipinski definition) is 2. The Morgan fingerprint density at radius 3 is 1.42 bits per heavy atom. The van der Waals surface area contributed by atoms with Gasteiger partial charge in [-0.2, -0.15) is 0 Å². The molecule has 0 rings (SSSR count). The van der Waals surface area contributed by atoms with Gasteiger partial charge in [-0.05, 0) is 26.8 Å². The summed E-state index contributed by atoms with van der Waals surface area (Å²) < 4.78 is 0. The highest BCUT2D eigenvalue weighted by atomic mass is 79.9. The molecule has 0 aliphatic rings. The highest BCUT2D eigenvalue weighted by Gasteiger charge is 2.22. The van der Waals surface area contributed by atoms with Crippen LogP contribution in [0.1, 0.15) is 111 Å². The maximum absolute atomic E-state index is 11.2. The van der Waals surface area contributed by atoms with Crippen molar-refractivity contribution in [2.24, 2.45) is 5.73 Å². The van der Waals surface area contributed by atoms with Crippen LogP contribution in [0.2, 0.25) is 0 Å². The van der Waals surface area contributed by atoms with E-state index in [0.29, 0.717) is 0 Å². The molecule has 4 heteroatoms. The summed E-state index contributed by atoms with van der Waals surface area (Å²) in [6, 6.07) is 0. The van der Waals surface area contributed by atoms with E-state index < -0.39 is 5.54 Å². The van der Waals surface area contributed by atoms with Crippen molar-refractivity contribution in [3.05, 3.63) is 0 Å². The van der Waals surface area contributed by atoms with Crippen LogP contribution in [0.4, 0.5) is 0 Å². The lowest BCUT2D eigenvalue weighted by atomic mass is 10.0. The summed E-state index contributed by atoms with van der Waals surface area (Å²) in [7, 11) is 0. The van der Waals surface area contributed by atoms with Crippen LogP contribution in [0, 0.1) is 0 Å². The lowest BCUT2D eigenvalue weighted by Crippen LogP contribution is -2.50. The second kappa shape index (κ2) is 17.7. The molecule has 0 saturated carbocycles. The second-order valence-electron chi connectivity index (χ2n) is 7.51. The van der Waals surface area contributed by atoms with Crippen molar-refractivity contribution in [2.45, 2.75) is 116 Å². The molecule has 0 aliphatic carbocycles. The molecule has 0 radical (unpaired) electrons. The minimum absolute atomic E-state index is 0. The fourth-order valence-electron chi connectivity index (χ4n) is 2.81. The van der Waals surface area contributed by atoms with E-state index in [1.807, 2.05) is 13.8 Å². The van der Waals surface area contributed by atoms with Crippen LogP contribution in [0.3, 0.4) is 0 Å². The maximum atomic E-state index is 11.2. The summed E-state index contributed by atoms with van der Waals surface area (Å²) in [5, 5.41) is 3.23. The van der Waals surface area contributed by atoms with Gasteiger partial charge in [0.05, 0.1) is 5.54 Å². The molecule has 0 saturated heterocycles. The van der Waals surface area contributed by atoms with E-state index in [2.05, 4.69) is 12.2 Å². The van der Waals surface area contributed by atoms with Crippen molar-refractivity contribution in [1.82, 2.24) is 5.32 Å². The number of nitrogens with one attached hydrogen (secondary N) is 1. The van der Waals surface area contributed by atoms with Crippen LogP contribution >= 0.6 is 17.0 Å². The Morgan fingerprint density at radius 2 is 1.08 bits per heavy atom. The predicted molar refractivity (Wildman–Crippen MR) is 112 cm³/mol. The minimum Gasteiger partial charge on any atom is -0.368 e. The molecule has 146 valence electrons. The normalized spacial score (nSPS) is 11.3. The largest absolute Gasteiger partial charge is 0.368 e. The van der Waals surface area contributed by atoms with Crippen LogP contribution in [0.15, 0.2) is 0 Å². The van der Waals surface area contributed by atoms with Crippen LogP contribution in [0.25, 0.3) is 0 Å². The first-order valence-corrected chi connectivity index (χ1v) is 10.1. The summed E-state index contributed by atoms with van der Waals surface area (Å²) in [6.45, 7) is 6.85. The molecule has 1 amide bonds. The van der Waals surface area contributed by atoms with Gasteiger partial charge in [-0.25, -0.2) is 0 Å². The van der Waals surface area contributed by atoms with Crippen LogP contribution in [0.5, 0.6) is 0 Å². The fraction of sp³-hybridized carbons (Fsp3) is 0.950. The summed E-state index contributed by atoms with van der Waals surface area (Å²) in [5.41, 5.74) is 4.76. The van der Waals surface area contributed by atoms with Gasteiger partial charge in [0.2, 0.25) is 5.91 Å². The van der Waals surface area contributed by atoms with E-state index in [4.69, 9.17) is 5.73 Å². The van der Waals surface area contributed by atoms with Crippen LogP contribution in [-0.4, -0.2) is 18.0 Å². The van der Waals surface area contributed by atoms with Crippen molar-refractivity contribution in [3.8, 4) is 0 Å². The van der Waals surface area contributed by atoms with E-state index in [9.17, 15) is 4.79 Å². The Kier molecular flexibility index (Phi) is 19.3. The third-order valence-corrected chi connectivity index (χ3v) is 4.71. The molecule has 0 spiro atoms. The molecule has 3 N–H and O–H groups in total. The van der Waals surface area contributed by atoms with E-state index in [1.165, 1.54) is 83.5 Å². The molecule has 0 aromatic carbocycles. The molecule has 0 aromatic rings. The van der Waals surface area contributed by atoms with Crippen molar-refractivity contribution in [3.63, 3.8) is 0 Å². The molecule has 0 heterocycles. The summed E-state index contributed by atoms with van der Waals surface area (Å²) >= 11 is 0. The molecule has 0 aliphatic heterocycles. The van der Waals surface area contributed by atoms with Crippen LogP contribution in [-0.2, 0) is 4.79 Å². The minimum atomic E-state index is -0.573. The Labute approximate surface area is 161 Å². The number of hydrogen-bond donors (Lipinski definition) is 2. The van der Waals surface area contributed by atoms with E-state index in [1.54, 1.807) is 0 Å². The molecule has 24 heavy (non-hydrogen) atoms. The number of carbonyl (C=O) groups is 1. The first-order valence-electron chi connectivity index (χ1n) is 10.1. The Hall–Kier alpha value is -0.0900. The average molecular weight is 407 g/mol. The zero-order valence-corrected chi connectivity index (χ0v) is 18.2. The molecular formula is C20H43BrN2O. The average Bonchev–Trinajstić information content (AvgIpc) is 2.51.